The molecule has 1 aliphatic heterocycles. The van der Waals surface area contributed by atoms with Crippen LogP contribution in [0.1, 0.15) is 38.5 Å². The lowest BCUT2D eigenvalue weighted by molar-refractivity contribution is -0.0185. The van der Waals surface area contributed by atoms with Gasteiger partial charge in [0, 0.05) is 5.88 Å². The Bertz CT molecular complexity index is 291. The van der Waals surface area contributed by atoms with Gasteiger partial charge in [-0.3, -0.25) is 4.57 Å². The molecule has 0 N–H and O–H groups in total. The van der Waals surface area contributed by atoms with Crippen molar-refractivity contribution in [3.05, 3.63) is 0 Å². The summed E-state index contributed by atoms with van der Waals surface area (Å²) in [4.78, 5) is 0. The molecule has 1 atom stereocenters. The van der Waals surface area contributed by atoms with Gasteiger partial charge in [0.15, 0.2) is 5.34 Å². The van der Waals surface area contributed by atoms with E-state index in [1.807, 2.05) is 0 Å². The van der Waals surface area contributed by atoms with Gasteiger partial charge in [-0.25, -0.2) is 0 Å². The van der Waals surface area contributed by atoms with Gasteiger partial charge in [0.1, 0.15) is 0 Å². The van der Waals surface area contributed by atoms with E-state index in [-0.39, 0.29) is 6.61 Å². The number of halogens is 1. The van der Waals surface area contributed by atoms with Crippen LogP contribution in [0.5, 0.6) is 0 Å². The van der Waals surface area contributed by atoms with Crippen molar-refractivity contribution in [2.45, 2.75) is 43.9 Å². The summed E-state index contributed by atoms with van der Waals surface area (Å²) in [7, 11) is -3.19. The molecule has 6 heteroatoms. The van der Waals surface area contributed by atoms with Crippen LogP contribution in [0, 0.1) is 0 Å². The molecule has 0 aromatic rings. The van der Waals surface area contributed by atoms with Gasteiger partial charge in [-0.1, -0.05) is 6.42 Å². The third kappa shape index (κ3) is 2.87. The molecule has 100 valence electrons. The highest BCUT2D eigenvalue weighted by Gasteiger charge is 2.53. The van der Waals surface area contributed by atoms with Crippen molar-refractivity contribution in [1.29, 1.82) is 0 Å². The Morgan fingerprint density at radius 3 is 2.65 bits per heavy atom. The maximum atomic E-state index is 12.9. The molecule has 2 rings (SSSR count). The summed E-state index contributed by atoms with van der Waals surface area (Å²) >= 11 is 5.61. The third-order valence-electron chi connectivity index (χ3n) is 3.39. The van der Waals surface area contributed by atoms with E-state index in [2.05, 4.69) is 0 Å². The van der Waals surface area contributed by atoms with Crippen LogP contribution >= 0.6 is 19.2 Å². The van der Waals surface area contributed by atoms with E-state index in [4.69, 9.17) is 25.4 Å². The monoisotopic (exact) mass is 282 g/mol. The molecule has 1 unspecified atom stereocenters. The summed E-state index contributed by atoms with van der Waals surface area (Å²) in [5, 5.41) is -0.701. The number of ether oxygens (including phenoxy) is 1. The van der Waals surface area contributed by atoms with Gasteiger partial charge in [-0.05, 0) is 32.1 Å². The predicted octanol–water partition coefficient (Wildman–Crippen LogP) is 3.53. The van der Waals surface area contributed by atoms with Gasteiger partial charge in [-0.2, -0.15) is 0 Å². The van der Waals surface area contributed by atoms with Gasteiger partial charge in [-0.15, -0.1) is 11.6 Å². The molecule has 1 heterocycles. The van der Waals surface area contributed by atoms with Gasteiger partial charge in [0.2, 0.25) is 0 Å². The van der Waals surface area contributed by atoms with E-state index in [1.165, 1.54) is 6.42 Å². The first kappa shape index (κ1) is 13.8. The minimum Gasteiger partial charge on any atom is -0.362 e. The molecular formula is C11H20ClO4P. The fraction of sp³-hybridized carbons (Fsp3) is 1.00. The molecule has 0 radical (unpaired) electrons. The molecule has 0 aromatic carbocycles. The van der Waals surface area contributed by atoms with Crippen LogP contribution in [0.4, 0.5) is 0 Å². The molecule has 1 saturated carbocycles. The standard InChI is InChI=1S/C11H20ClO4P/c12-7-10-16-17(13)11(5-2-1-3-6-11)14-8-4-9-15-17/h1-10H2. The second-order valence-corrected chi connectivity index (χ2v) is 7.27. The van der Waals surface area contributed by atoms with E-state index < -0.39 is 12.9 Å². The normalized spacial score (nSPS) is 33.5. The number of hydrogen-bond acceptors (Lipinski definition) is 4. The Labute approximate surface area is 107 Å². The Morgan fingerprint density at radius 1 is 1.18 bits per heavy atom. The zero-order valence-corrected chi connectivity index (χ0v) is 11.7. The smallest absolute Gasteiger partial charge is 0.362 e. The summed E-state index contributed by atoms with van der Waals surface area (Å²) in [5.41, 5.74) is 0. The molecule has 1 aliphatic carbocycles. The van der Waals surface area contributed by atoms with Crippen LogP contribution in [0.25, 0.3) is 0 Å². The van der Waals surface area contributed by atoms with Crippen molar-refractivity contribution in [3.63, 3.8) is 0 Å². The number of alkyl halides is 1. The topological polar surface area (TPSA) is 44.8 Å². The maximum Gasteiger partial charge on any atom is 0.362 e. The Hall–Kier alpha value is 0.400. The SMILES string of the molecule is O=P1(OCCCl)OCCCOC12CCCCC2. The van der Waals surface area contributed by atoms with E-state index in [0.717, 1.165) is 32.1 Å². The first-order valence-corrected chi connectivity index (χ1v) is 8.39. The first-order chi connectivity index (χ1) is 8.22. The van der Waals surface area contributed by atoms with Crippen LogP contribution < -0.4 is 0 Å². The van der Waals surface area contributed by atoms with Crippen LogP contribution in [-0.4, -0.2) is 31.0 Å². The Morgan fingerprint density at radius 2 is 1.94 bits per heavy atom. The van der Waals surface area contributed by atoms with Crippen molar-refractivity contribution < 1.29 is 18.3 Å². The van der Waals surface area contributed by atoms with E-state index >= 15 is 0 Å². The Kier molecular flexibility index (Phi) is 4.90. The lowest BCUT2D eigenvalue weighted by Gasteiger charge is -2.39. The zero-order valence-electron chi connectivity index (χ0n) is 10.0. The fourth-order valence-electron chi connectivity index (χ4n) is 2.53. The molecule has 2 fully saturated rings. The molecule has 1 saturated heterocycles. The summed E-state index contributed by atoms with van der Waals surface area (Å²) < 4.78 is 29.8. The summed E-state index contributed by atoms with van der Waals surface area (Å²) in [6, 6.07) is 0. The minimum atomic E-state index is -3.19. The van der Waals surface area contributed by atoms with Crippen molar-refractivity contribution >= 4 is 19.2 Å². The van der Waals surface area contributed by atoms with Crippen molar-refractivity contribution in [3.8, 4) is 0 Å². The maximum absolute atomic E-state index is 12.9. The second-order valence-electron chi connectivity index (χ2n) is 4.56. The Balaban J connectivity index is 2.19. The van der Waals surface area contributed by atoms with Crippen molar-refractivity contribution in [2.24, 2.45) is 0 Å². The number of rotatable bonds is 3. The van der Waals surface area contributed by atoms with Gasteiger partial charge in [0.25, 0.3) is 0 Å². The third-order valence-corrected chi connectivity index (χ3v) is 6.17. The minimum absolute atomic E-state index is 0.254. The molecule has 0 aromatic heterocycles. The molecule has 4 nitrogen and oxygen atoms in total. The van der Waals surface area contributed by atoms with Crippen LogP contribution in [0.2, 0.25) is 0 Å². The zero-order chi connectivity index (χ0) is 12.2. The summed E-state index contributed by atoms with van der Waals surface area (Å²) in [5.74, 6) is 0.323. The average Bonchev–Trinajstić information content (AvgIpc) is 2.50. The van der Waals surface area contributed by atoms with Gasteiger partial charge >= 0.3 is 7.60 Å². The van der Waals surface area contributed by atoms with Gasteiger partial charge < -0.3 is 13.8 Å². The highest BCUT2D eigenvalue weighted by atomic mass is 35.5. The van der Waals surface area contributed by atoms with E-state index in [0.29, 0.717) is 19.1 Å². The largest absolute Gasteiger partial charge is 0.362 e. The lowest BCUT2D eigenvalue weighted by atomic mass is 9.97. The lowest BCUT2D eigenvalue weighted by Crippen LogP contribution is -2.35. The van der Waals surface area contributed by atoms with E-state index in [9.17, 15) is 4.57 Å². The highest BCUT2D eigenvalue weighted by molar-refractivity contribution is 7.55. The quantitative estimate of drug-likeness (QED) is 0.587. The first-order valence-electron chi connectivity index (χ1n) is 6.32. The molecular weight excluding hydrogens is 263 g/mol. The molecule has 17 heavy (non-hydrogen) atoms. The molecule has 1 spiro atoms. The van der Waals surface area contributed by atoms with Crippen LogP contribution in [-0.2, 0) is 18.3 Å². The molecule has 0 bridgehead atoms. The van der Waals surface area contributed by atoms with E-state index in [1.54, 1.807) is 0 Å². The van der Waals surface area contributed by atoms with Crippen molar-refractivity contribution in [2.75, 3.05) is 25.7 Å². The van der Waals surface area contributed by atoms with Crippen LogP contribution in [0.15, 0.2) is 0 Å². The highest BCUT2D eigenvalue weighted by Crippen LogP contribution is 2.66. The second kappa shape index (κ2) is 6.03. The molecule has 2 aliphatic rings. The van der Waals surface area contributed by atoms with Crippen molar-refractivity contribution in [1.82, 2.24) is 0 Å². The fourth-order valence-corrected chi connectivity index (χ4v) is 5.08. The summed E-state index contributed by atoms with van der Waals surface area (Å²) in [6.07, 6.45) is 5.53. The molecule has 0 amide bonds. The average molecular weight is 283 g/mol. The number of hydrogen-bond donors (Lipinski definition) is 0. The predicted molar refractivity (Wildman–Crippen MR) is 66.6 cm³/mol. The van der Waals surface area contributed by atoms with Crippen LogP contribution in [0.3, 0.4) is 0 Å². The van der Waals surface area contributed by atoms with Gasteiger partial charge in [0.05, 0.1) is 19.8 Å². The summed E-state index contributed by atoms with van der Waals surface area (Å²) in [6.45, 7) is 1.31.